The summed E-state index contributed by atoms with van der Waals surface area (Å²) in [6, 6.07) is 0. The van der Waals surface area contributed by atoms with Gasteiger partial charge in [0.15, 0.2) is 0 Å². The van der Waals surface area contributed by atoms with Crippen LogP contribution in [0, 0.1) is 6.58 Å². The van der Waals surface area contributed by atoms with E-state index in [1.807, 2.05) is 0 Å². The standard InChI is InChI=1S/C6H7I2NS/c1-3(2)6-9-4(7)5(8)10-6/h3H,1-2H3. The van der Waals surface area contributed by atoms with Crippen LogP contribution in [0.5, 0.6) is 0 Å². The van der Waals surface area contributed by atoms with Crippen LogP contribution in [0.3, 0.4) is 0 Å². The van der Waals surface area contributed by atoms with Gasteiger partial charge in [-0.25, -0.2) is 4.98 Å². The highest BCUT2D eigenvalue weighted by Gasteiger charge is 2.07. The Bertz CT molecular complexity index is 212. The Morgan fingerprint density at radius 1 is 1.40 bits per heavy atom. The number of hydrogen-bond acceptors (Lipinski definition) is 2. The highest BCUT2D eigenvalue weighted by Crippen LogP contribution is 2.26. The van der Waals surface area contributed by atoms with Gasteiger partial charge >= 0.3 is 0 Å². The van der Waals surface area contributed by atoms with Gasteiger partial charge in [0.2, 0.25) is 0 Å². The van der Waals surface area contributed by atoms with Crippen LogP contribution in [0.25, 0.3) is 0 Å². The third-order valence-corrected chi connectivity index (χ3v) is 5.55. The second kappa shape index (κ2) is 3.66. The first kappa shape index (κ1) is 9.18. The van der Waals surface area contributed by atoms with E-state index >= 15 is 0 Å². The van der Waals surface area contributed by atoms with E-state index in [1.54, 1.807) is 11.3 Å². The van der Waals surface area contributed by atoms with Gasteiger partial charge in [0, 0.05) is 5.92 Å². The number of aromatic nitrogens is 1. The first-order valence-electron chi connectivity index (χ1n) is 2.93. The average Bonchev–Trinajstić information content (AvgIpc) is 2.13. The Balaban J connectivity index is 2.98. The molecule has 0 aliphatic heterocycles. The third kappa shape index (κ3) is 2.04. The summed E-state index contributed by atoms with van der Waals surface area (Å²) < 4.78 is 2.45. The molecule has 0 saturated heterocycles. The molecule has 0 aliphatic carbocycles. The van der Waals surface area contributed by atoms with E-state index in [4.69, 9.17) is 0 Å². The summed E-state index contributed by atoms with van der Waals surface area (Å²) in [7, 11) is 0. The summed E-state index contributed by atoms with van der Waals surface area (Å²) >= 11 is 6.39. The molecule has 1 nitrogen and oxygen atoms in total. The van der Waals surface area contributed by atoms with Crippen LogP contribution in [0.15, 0.2) is 0 Å². The number of thiazole rings is 1. The van der Waals surface area contributed by atoms with Crippen LogP contribution >= 0.6 is 56.5 Å². The molecule has 0 unspecified atom stereocenters. The van der Waals surface area contributed by atoms with Gasteiger partial charge in [0.25, 0.3) is 0 Å². The van der Waals surface area contributed by atoms with Crippen molar-refractivity contribution in [1.29, 1.82) is 0 Å². The van der Waals surface area contributed by atoms with Crippen molar-refractivity contribution in [2.24, 2.45) is 0 Å². The molecule has 0 amide bonds. The molecule has 0 radical (unpaired) electrons. The Labute approximate surface area is 91.9 Å². The van der Waals surface area contributed by atoms with Gasteiger partial charge < -0.3 is 0 Å². The molecule has 1 rings (SSSR count). The van der Waals surface area contributed by atoms with E-state index in [9.17, 15) is 0 Å². The average molecular weight is 379 g/mol. The molecule has 0 aliphatic rings. The van der Waals surface area contributed by atoms with Crippen molar-refractivity contribution in [3.05, 3.63) is 11.6 Å². The molecule has 0 fully saturated rings. The van der Waals surface area contributed by atoms with Gasteiger partial charge in [-0.3, -0.25) is 0 Å². The fourth-order valence-corrected chi connectivity index (χ4v) is 2.78. The van der Waals surface area contributed by atoms with Crippen molar-refractivity contribution >= 4 is 56.5 Å². The van der Waals surface area contributed by atoms with Crippen LogP contribution in [-0.2, 0) is 0 Å². The highest BCUT2D eigenvalue weighted by atomic mass is 127. The minimum atomic E-state index is 0.571. The Morgan fingerprint density at radius 3 is 2.20 bits per heavy atom. The van der Waals surface area contributed by atoms with Crippen LogP contribution in [0.2, 0.25) is 0 Å². The number of rotatable bonds is 1. The van der Waals surface area contributed by atoms with E-state index in [0.717, 1.165) is 3.70 Å². The second-order valence-corrected chi connectivity index (χ2v) is 6.13. The first-order chi connectivity index (χ1) is 4.61. The van der Waals surface area contributed by atoms with Crippen molar-refractivity contribution in [1.82, 2.24) is 4.98 Å². The van der Waals surface area contributed by atoms with Crippen LogP contribution in [0.4, 0.5) is 0 Å². The fourth-order valence-electron chi connectivity index (χ4n) is 0.544. The van der Waals surface area contributed by atoms with Crippen LogP contribution < -0.4 is 0 Å². The lowest BCUT2D eigenvalue weighted by molar-refractivity contribution is 0.849. The summed E-state index contributed by atoms with van der Waals surface area (Å²) in [5, 5.41) is 1.24. The number of nitrogens with zero attached hydrogens (tertiary/aromatic N) is 1. The predicted octanol–water partition coefficient (Wildman–Crippen LogP) is 3.48. The van der Waals surface area contributed by atoms with Gasteiger partial charge in [-0.2, -0.15) is 0 Å². The van der Waals surface area contributed by atoms with Gasteiger partial charge in [0.1, 0.15) is 3.70 Å². The zero-order valence-corrected chi connectivity index (χ0v) is 10.8. The lowest BCUT2D eigenvalue weighted by Gasteiger charge is -1.94. The molecule has 4 heteroatoms. The summed E-state index contributed by atoms with van der Waals surface area (Å²) in [6.45, 7) is 4.34. The maximum atomic E-state index is 4.41. The molecule has 1 aromatic rings. The molecule has 0 saturated carbocycles. The quantitative estimate of drug-likeness (QED) is 0.682. The summed E-state index contributed by atoms with van der Waals surface area (Å²) in [5.41, 5.74) is 0. The lowest BCUT2D eigenvalue weighted by Crippen LogP contribution is -1.83. The molecule has 56 valence electrons. The molecule has 1 aromatic heterocycles. The van der Waals surface area contributed by atoms with Crippen LogP contribution in [0.1, 0.15) is 24.8 Å². The monoisotopic (exact) mass is 379 g/mol. The van der Waals surface area contributed by atoms with Crippen molar-refractivity contribution in [2.45, 2.75) is 19.8 Å². The van der Waals surface area contributed by atoms with E-state index in [0.29, 0.717) is 5.92 Å². The SMILES string of the molecule is CC(C)c1nc(I)c(I)s1. The van der Waals surface area contributed by atoms with Crippen molar-refractivity contribution in [3.8, 4) is 0 Å². The van der Waals surface area contributed by atoms with Crippen molar-refractivity contribution in [3.63, 3.8) is 0 Å². The van der Waals surface area contributed by atoms with E-state index < -0.39 is 0 Å². The summed E-state index contributed by atoms with van der Waals surface area (Å²) in [4.78, 5) is 4.41. The smallest absolute Gasteiger partial charge is 0.125 e. The van der Waals surface area contributed by atoms with E-state index in [1.165, 1.54) is 7.89 Å². The predicted molar refractivity (Wildman–Crippen MR) is 61.6 cm³/mol. The largest absolute Gasteiger partial charge is 0.234 e. The second-order valence-electron chi connectivity index (χ2n) is 2.27. The first-order valence-corrected chi connectivity index (χ1v) is 5.90. The molecule has 10 heavy (non-hydrogen) atoms. The molecular weight excluding hydrogens is 372 g/mol. The van der Waals surface area contributed by atoms with E-state index in [-0.39, 0.29) is 0 Å². The normalized spacial score (nSPS) is 10.9. The molecule has 0 spiro atoms. The minimum absolute atomic E-state index is 0.571. The van der Waals surface area contributed by atoms with Gasteiger partial charge in [-0.1, -0.05) is 13.8 Å². The fraction of sp³-hybridized carbons (Fsp3) is 0.500. The van der Waals surface area contributed by atoms with Gasteiger partial charge in [-0.15, -0.1) is 11.3 Å². The van der Waals surface area contributed by atoms with Crippen molar-refractivity contribution < 1.29 is 0 Å². The minimum Gasteiger partial charge on any atom is -0.234 e. The molecule has 0 atom stereocenters. The van der Waals surface area contributed by atoms with E-state index in [2.05, 4.69) is 64.0 Å². The van der Waals surface area contributed by atoms with Gasteiger partial charge in [0.05, 0.1) is 7.89 Å². The number of halogens is 2. The molecule has 0 N–H and O–H groups in total. The zero-order chi connectivity index (χ0) is 7.72. The Morgan fingerprint density at radius 2 is 2.00 bits per heavy atom. The maximum absolute atomic E-state index is 4.41. The Kier molecular flexibility index (Phi) is 3.36. The Hall–Kier alpha value is 1.09. The summed E-state index contributed by atoms with van der Waals surface area (Å²) in [6.07, 6.45) is 0. The molecule has 0 bridgehead atoms. The third-order valence-electron chi connectivity index (χ3n) is 1.06. The zero-order valence-electron chi connectivity index (χ0n) is 5.69. The maximum Gasteiger partial charge on any atom is 0.125 e. The summed E-state index contributed by atoms with van der Waals surface area (Å²) in [5.74, 6) is 0.571. The number of hydrogen-bond donors (Lipinski definition) is 0. The van der Waals surface area contributed by atoms with Crippen molar-refractivity contribution in [2.75, 3.05) is 0 Å². The molecule has 1 heterocycles. The lowest BCUT2D eigenvalue weighted by atomic mass is 10.2. The highest BCUT2D eigenvalue weighted by molar-refractivity contribution is 14.1. The van der Waals surface area contributed by atoms with Crippen LogP contribution in [-0.4, -0.2) is 4.98 Å². The molecular formula is C6H7I2NS. The molecule has 0 aromatic carbocycles. The van der Waals surface area contributed by atoms with Gasteiger partial charge in [-0.05, 0) is 45.2 Å². The topological polar surface area (TPSA) is 12.9 Å².